The van der Waals surface area contributed by atoms with Crippen molar-refractivity contribution in [2.75, 3.05) is 26.1 Å². The lowest BCUT2D eigenvalue weighted by atomic mass is 9.85. The number of carbonyl (C=O) groups excluding carboxylic acids is 3. The molecule has 1 saturated carbocycles. The molecule has 8 nitrogen and oxygen atoms in total. The molecule has 2 N–H and O–H groups in total. The van der Waals surface area contributed by atoms with Crippen molar-refractivity contribution in [1.82, 2.24) is 10.2 Å². The summed E-state index contributed by atoms with van der Waals surface area (Å²) in [6.07, 6.45) is 4.98. The number of rotatable bonds is 5. The molecule has 1 aromatic carbocycles. The van der Waals surface area contributed by atoms with Crippen LogP contribution in [0.2, 0.25) is 0 Å². The predicted molar refractivity (Wildman–Crippen MR) is 103 cm³/mol. The number of anilines is 1. The number of nitrogens with zero attached hydrogens (tertiary/aromatic N) is 1. The third-order valence-electron chi connectivity index (χ3n) is 5.62. The van der Waals surface area contributed by atoms with Gasteiger partial charge in [0.25, 0.3) is 0 Å². The number of amides is 3. The van der Waals surface area contributed by atoms with Gasteiger partial charge in [-0.15, -0.1) is 0 Å². The SMILES string of the molecule is COC(=O)[C@@H]1C[C@@H]2CCCC[C@H]2N1CC(=O)NC(=O)Nc1ccc(OC)cc1. The second-order valence-electron chi connectivity index (χ2n) is 7.29. The molecule has 3 amide bonds. The number of likely N-dealkylation sites (tertiary alicyclic amines) is 1. The molecule has 2 fully saturated rings. The minimum absolute atomic E-state index is 0.00301. The van der Waals surface area contributed by atoms with Crippen LogP contribution >= 0.6 is 0 Å². The Labute approximate surface area is 164 Å². The summed E-state index contributed by atoms with van der Waals surface area (Å²) in [5, 5.41) is 4.96. The third kappa shape index (κ3) is 4.62. The lowest BCUT2D eigenvalue weighted by molar-refractivity contribution is -0.146. The molecule has 0 spiro atoms. The van der Waals surface area contributed by atoms with Crippen LogP contribution in [0.1, 0.15) is 32.1 Å². The van der Waals surface area contributed by atoms with Gasteiger partial charge in [0, 0.05) is 11.7 Å². The Morgan fingerprint density at radius 2 is 1.82 bits per heavy atom. The Bertz CT molecular complexity index is 721. The lowest BCUT2D eigenvalue weighted by Gasteiger charge is -2.32. The maximum absolute atomic E-state index is 12.4. The quantitative estimate of drug-likeness (QED) is 0.749. The van der Waals surface area contributed by atoms with Gasteiger partial charge in [0.15, 0.2) is 0 Å². The Morgan fingerprint density at radius 1 is 1.11 bits per heavy atom. The van der Waals surface area contributed by atoms with Crippen molar-refractivity contribution in [3.63, 3.8) is 0 Å². The van der Waals surface area contributed by atoms with Crippen LogP contribution in [0.25, 0.3) is 0 Å². The summed E-state index contributed by atoms with van der Waals surface area (Å²) in [4.78, 5) is 38.7. The minimum atomic E-state index is -0.607. The summed E-state index contributed by atoms with van der Waals surface area (Å²) in [6.45, 7) is -0.00301. The smallest absolute Gasteiger partial charge is 0.325 e. The van der Waals surface area contributed by atoms with Gasteiger partial charge in [-0.3, -0.25) is 19.8 Å². The van der Waals surface area contributed by atoms with Crippen LogP contribution in [0.4, 0.5) is 10.5 Å². The van der Waals surface area contributed by atoms with Gasteiger partial charge >= 0.3 is 12.0 Å². The van der Waals surface area contributed by atoms with Crippen LogP contribution in [0.5, 0.6) is 5.75 Å². The average molecular weight is 389 g/mol. The van der Waals surface area contributed by atoms with E-state index in [0.29, 0.717) is 23.8 Å². The highest BCUT2D eigenvalue weighted by molar-refractivity contribution is 6.01. The average Bonchev–Trinajstić information content (AvgIpc) is 3.06. The zero-order chi connectivity index (χ0) is 20.1. The van der Waals surface area contributed by atoms with Crippen LogP contribution in [0.15, 0.2) is 24.3 Å². The predicted octanol–water partition coefficient (Wildman–Crippen LogP) is 2.15. The van der Waals surface area contributed by atoms with Gasteiger partial charge in [0.2, 0.25) is 5.91 Å². The zero-order valence-electron chi connectivity index (χ0n) is 16.3. The normalized spacial score (nSPS) is 24.1. The summed E-state index contributed by atoms with van der Waals surface area (Å²) >= 11 is 0. The van der Waals surface area contributed by atoms with Gasteiger partial charge in [0.1, 0.15) is 11.8 Å². The molecule has 28 heavy (non-hydrogen) atoms. The Morgan fingerprint density at radius 3 is 2.50 bits per heavy atom. The first-order valence-corrected chi connectivity index (χ1v) is 9.60. The van der Waals surface area contributed by atoms with Gasteiger partial charge in [-0.2, -0.15) is 0 Å². The van der Waals surface area contributed by atoms with E-state index in [0.717, 1.165) is 25.7 Å². The number of benzene rings is 1. The van der Waals surface area contributed by atoms with E-state index in [9.17, 15) is 14.4 Å². The molecule has 1 saturated heterocycles. The number of ether oxygens (including phenoxy) is 2. The fourth-order valence-corrected chi connectivity index (χ4v) is 4.32. The molecule has 1 aromatic rings. The van der Waals surface area contributed by atoms with Gasteiger partial charge in [-0.25, -0.2) is 4.79 Å². The number of nitrogens with one attached hydrogen (secondary N) is 2. The fraction of sp³-hybridized carbons (Fsp3) is 0.550. The largest absolute Gasteiger partial charge is 0.497 e. The van der Waals surface area contributed by atoms with Crippen LogP contribution in [0, 0.1) is 5.92 Å². The van der Waals surface area contributed by atoms with Crippen molar-refractivity contribution in [3.8, 4) is 5.75 Å². The summed E-state index contributed by atoms with van der Waals surface area (Å²) in [5.41, 5.74) is 0.548. The highest BCUT2D eigenvalue weighted by Gasteiger charge is 2.46. The van der Waals surface area contributed by atoms with E-state index in [1.807, 2.05) is 4.90 Å². The first-order valence-electron chi connectivity index (χ1n) is 9.60. The van der Waals surface area contributed by atoms with Crippen LogP contribution in [-0.2, 0) is 14.3 Å². The molecule has 1 heterocycles. The molecule has 2 aliphatic rings. The van der Waals surface area contributed by atoms with Crippen molar-refractivity contribution in [2.45, 2.75) is 44.2 Å². The monoisotopic (exact) mass is 389 g/mol. The number of urea groups is 1. The molecule has 8 heteroatoms. The Kier molecular flexibility index (Phi) is 6.51. The third-order valence-corrected chi connectivity index (χ3v) is 5.62. The number of carbonyl (C=O) groups is 3. The van der Waals surface area contributed by atoms with Crippen molar-refractivity contribution in [1.29, 1.82) is 0 Å². The molecule has 0 aromatic heterocycles. The summed E-state index contributed by atoms with van der Waals surface area (Å²) < 4.78 is 10.00. The first kappa shape index (κ1) is 20.1. The summed E-state index contributed by atoms with van der Waals surface area (Å²) in [7, 11) is 2.93. The molecule has 3 rings (SSSR count). The van der Waals surface area contributed by atoms with Crippen LogP contribution in [-0.4, -0.2) is 55.7 Å². The fourth-order valence-electron chi connectivity index (χ4n) is 4.32. The molecule has 152 valence electrons. The lowest BCUT2D eigenvalue weighted by Crippen LogP contribution is -2.49. The standard InChI is InChI=1S/C20H27N3O5/c1-27-15-9-7-14(8-10-15)21-20(26)22-18(24)12-23-16-6-4-3-5-13(16)11-17(23)19(25)28-2/h7-10,13,16-17H,3-6,11-12H2,1-2H3,(H2,21,22,24,26)/t13-,16+,17-/m0/s1. The van der Waals surface area contributed by atoms with Crippen LogP contribution < -0.4 is 15.4 Å². The number of fused-ring (bicyclic) bond motifs is 1. The molecule has 0 radical (unpaired) electrons. The number of hydrogen-bond donors (Lipinski definition) is 2. The number of hydrogen-bond acceptors (Lipinski definition) is 6. The van der Waals surface area contributed by atoms with Crippen molar-refractivity contribution in [2.24, 2.45) is 5.92 Å². The number of methoxy groups -OCH3 is 2. The molecule has 3 atom stereocenters. The second kappa shape index (κ2) is 9.05. The molecule has 0 unspecified atom stereocenters. The Hall–Kier alpha value is -2.61. The summed E-state index contributed by atoms with van der Waals surface area (Å²) in [6, 6.07) is 5.95. The topological polar surface area (TPSA) is 97.0 Å². The first-order chi connectivity index (χ1) is 13.5. The van der Waals surface area contributed by atoms with E-state index in [1.165, 1.54) is 7.11 Å². The van der Waals surface area contributed by atoms with Gasteiger partial charge in [-0.1, -0.05) is 12.8 Å². The van der Waals surface area contributed by atoms with Crippen molar-refractivity contribution in [3.05, 3.63) is 24.3 Å². The van der Waals surface area contributed by atoms with E-state index in [1.54, 1.807) is 31.4 Å². The van der Waals surface area contributed by atoms with E-state index < -0.39 is 18.0 Å². The van der Waals surface area contributed by atoms with Gasteiger partial charge in [-0.05, 0) is 49.4 Å². The van der Waals surface area contributed by atoms with Crippen molar-refractivity contribution < 1.29 is 23.9 Å². The molecule has 0 bridgehead atoms. The maximum Gasteiger partial charge on any atom is 0.325 e. The molecular formula is C20H27N3O5. The van der Waals surface area contributed by atoms with E-state index in [2.05, 4.69) is 10.6 Å². The van der Waals surface area contributed by atoms with Crippen LogP contribution in [0.3, 0.4) is 0 Å². The molecule has 1 aliphatic carbocycles. The minimum Gasteiger partial charge on any atom is -0.497 e. The summed E-state index contributed by atoms with van der Waals surface area (Å²) in [5.74, 6) is 0.321. The van der Waals surface area contributed by atoms with E-state index in [4.69, 9.17) is 9.47 Å². The number of esters is 1. The van der Waals surface area contributed by atoms with Gasteiger partial charge in [0.05, 0.1) is 20.8 Å². The van der Waals surface area contributed by atoms with E-state index in [-0.39, 0.29) is 18.6 Å². The van der Waals surface area contributed by atoms with Gasteiger partial charge < -0.3 is 14.8 Å². The molecule has 1 aliphatic heterocycles. The second-order valence-corrected chi connectivity index (χ2v) is 7.29. The number of imide groups is 1. The Balaban J connectivity index is 1.58. The van der Waals surface area contributed by atoms with Crippen molar-refractivity contribution >= 4 is 23.6 Å². The maximum atomic E-state index is 12.4. The molecular weight excluding hydrogens is 362 g/mol. The zero-order valence-corrected chi connectivity index (χ0v) is 16.3. The highest BCUT2D eigenvalue weighted by atomic mass is 16.5. The highest BCUT2D eigenvalue weighted by Crippen LogP contribution is 2.39. The van der Waals surface area contributed by atoms with E-state index >= 15 is 0 Å².